The van der Waals surface area contributed by atoms with Crippen LogP contribution < -0.4 is 0 Å². The van der Waals surface area contributed by atoms with Gasteiger partial charge in [-0.3, -0.25) is 4.90 Å². The van der Waals surface area contributed by atoms with E-state index in [1.54, 1.807) is 0 Å². The molecule has 0 bridgehead atoms. The van der Waals surface area contributed by atoms with Crippen molar-refractivity contribution >= 4 is 0 Å². The maximum atomic E-state index is 2.67. The van der Waals surface area contributed by atoms with Crippen molar-refractivity contribution in [1.82, 2.24) is 9.80 Å². The fourth-order valence-corrected chi connectivity index (χ4v) is 4.76. The first kappa shape index (κ1) is 18.9. The zero-order valence-electron chi connectivity index (χ0n) is 16.9. The van der Waals surface area contributed by atoms with E-state index in [2.05, 4.69) is 61.8 Å². The van der Waals surface area contributed by atoms with Crippen LogP contribution in [-0.4, -0.2) is 42.0 Å². The van der Waals surface area contributed by atoms with Crippen LogP contribution in [-0.2, 0) is 6.54 Å². The molecule has 1 aromatic rings. The largest absolute Gasteiger partial charge is 0.301 e. The van der Waals surface area contributed by atoms with Crippen LogP contribution in [0.4, 0.5) is 0 Å². The third kappa shape index (κ3) is 5.08. The van der Waals surface area contributed by atoms with E-state index < -0.39 is 0 Å². The van der Waals surface area contributed by atoms with E-state index in [0.717, 1.165) is 24.4 Å². The summed E-state index contributed by atoms with van der Waals surface area (Å²) >= 11 is 0. The average Bonchev–Trinajstić information content (AvgIpc) is 2.63. The minimum Gasteiger partial charge on any atom is -0.301 e. The summed E-state index contributed by atoms with van der Waals surface area (Å²) in [5.74, 6) is 2.60. The van der Waals surface area contributed by atoms with Gasteiger partial charge in [0, 0.05) is 12.6 Å². The van der Waals surface area contributed by atoms with Gasteiger partial charge in [0.25, 0.3) is 0 Å². The monoisotopic (exact) mass is 342 g/mol. The molecule has 2 fully saturated rings. The van der Waals surface area contributed by atoms with Crippen molar-refractivity contribution in [3.05, 3.63) is 35.4 Å². The molecule has 0 saturated carbocycles. The second-order valence-electron chi connectivity index (χ2n) is 8.98. The lowest BCUT2D eigenvalue weighted by Gasteiger charge is -2.41. The fourth-order valence-electron chi connectivity index (χ4n) is 4.76. The highest BCUT2D eigenvalue weighted by atomic mass is 15.2. The molecule has 0 radical (unpaired) electrons. The molecule has 0 spiro atoms. The zero-order valence-corrected chi connectivity index (χ0v) is 16.9. The Hall–Kier alpha value is -0.860. The first-order valence-electron chi connectivity index (χ1n) is 10.6. The minimum atomic E-state index is 0.631. The van der Waals surface area contributed by atoms with E-state index in [1.807, 2.05) is 0 Å². The lowest BCUT2D eigenvalue weighted by atomic mass is 9.78. The van der Waals surface area contributed by atoms with Gasteiger partial charge in [-0.2, -0.15) is 0 Å². The SMILES string of the molecule is CC(C)c1ccc(CN2CCC(C3CCN(C(C)C)CC3)CC2)cc1. The molecule has 0 N–H and O–H groups in total. The third-order valence-corrected chi connectivity index (χ3v) is 6.66. The topological polar surface area (TPSA) is 6.48 Å². The Morgan fingerprint density at radius 1 is 0.800 bits per heavy atom. The highest BCUT2D eigenvalue weighted by molar-refractivity contribution is 5.24. The molecular formula is C23H38N2. The summed E-state index contributed by atoms with van der Waals surface area (Å²) in [5, 5.41) is 0. The molecule has 2 nitrogen and oxygen atoms in total. The van der Waals surface area contributed by atoms with Gasteiger partial charge in [-0.15, -0.1) is 0 Å². The molecular weight excluding hydrogens is 304 g/mol. The Labute approximate surface area is 155 Å². The van der Waals surface area contributed by atoms with Gasteiger partial charge in [0.1, 0.15) is 0 Å². The lowest BCUT2D eigenvalue weighted by molar-refractivity contribution is 0.0817. The molecule has 0 atom stereocenters. The maximum absolute atomic E-state index is 2.67. The summed E-state index contributed by atoms with van der Waals surface area (Å²) < 4.78 is 0. The first-order chi connectivity index (χ1) is 12.0. The molecule has 0 amide bonds. The number of nitrogens with zero attached hydrogens (tertiary/aromatic N) is 2. The van der Waals surface area contributed by atoms with Crippen LogP contribution in [0.5, 0.6) is 0 Å². The Bertz CT molecular complexity index is 503. The Kier molecular flexibility index (Phi) is 6.57. The van der Waals surface area contributed by atoms with Crippen LogP contribution in [0.1, 0.15) is 70.4 Å². The first-order valence-corrected chi connectivity index (χ1v) is 10.6. The molecule has 0 aromatic heterocycles. The van der Waals surface area contributed by atoms with Crippen molar-refractivity contribution in [2.75, 3.05) is 26.2 Å². The van der Waals surface area contributed by atoms with Crippen molar-refractivity contribution in [3.8, 4) is 0 Å². The van der Waals surface area contributed by atoms with Crippen LogP contribution in [0.25, 0.3) is 0 Å². The van der Waals surface area contributed by atoms with Crippen LogP contribution >= 0.6 is 0 Å². The predicted octanol–water partition coefficient (Wildman–Crippen LogP) is 5.14. The summed E-state index contributed by atoms with van der Waals surface area (Å²) in [7, 11) is 0. The molecule has 1 aromatic carbocycles. The van der Waals surface area contributed by atoms with E-state index in [9.17, 15) is 0 Å². The quantitative estimate of drug-likeness (QED) is 0.731. The van der Waals surface area contributed by atoms with Gasteiger partial charge in [0.05, 0.1) is 0 Å². The molecule has 0 unspecified atom stereocenters. The lowest BCUT2D eigenvalue weighted by Crippen LogP contribution is -2.42. The van der Waals surface area contributed by atoms with Crippen molar-refractivity contribution in [2.45, 2.75) is 71.9 Å². The second-order valence-corrected chi connectivity index (χ2v) is 8.98. The summed E-state index contributed by atoms with van der Waals surface area (Å²) in [6.45, 7) is 15.6. The van der Waals surface area contributed by atoms with Gasteiger partial charge in [-0.25, -0.2) is 0 Å². The van der Waals surface area contributed by atoms with E-state index in [4.69, 9.17) is 0 Å². The molecule has 2 aliphatic rings. The van der Waals surface area contributed by atoms with Crippen LogP contribution in [0.3, 0.4) is 0 Å². The number of rotatable bonds is 5. The van der Waals surface area contributed by atoms with Gasteiger partial charge in [0.15, 0.2) is 0 Å². The smallest absolute Gasteiger partial charge is 0.0233 e. The molecule has 2 heterocycles. The van der Waals surface area contributed by atoms with Gasteiger partial charge in [0.2, 0.25) is 0 Å². The molecule has 140 valence electrons. The van der Waals surface area contributed by atoms with Gasteiger partial charge >= 0.3 is 0 Å². The number of hydrogen-bond acceptors (Lipinski definition) is 2. The van der Waals surface area contributed by atoms with Crippen molar-refractivity contribution in [2.24, 2.45) is 11.8 Å². The van der Waals surface area contributed by atoms with E-state index in [-0.39, 0.29) is 0 Å². The van der Waals surface area contributed by atoms with Gasteiger partial charge in [-0.1, -0.05) is 38.1 Å². The van der Waals surface area contributed by atoms with Crippen molar-refractivity contribution < 1.29 is 0 Å². The van der Waals surface area contributed by atoms with Crippen LogP contribution in [0.2, 0.25) is 0 Å². The average molecular weight is 343 g/mol. The number of benzene rings is 1. The summed E-state index contributed by atoms with van der Waals surface area (Å²) in [4.78, 5) is 5.33. The van der Waals surface area contributed by atoms with Crippen LogP contribution in [0, 0.1) is 11.8 Å². The number of likely N-dealkylation sites (tertiary alicyclic amines) is 2. The second kappa shape index (κ2) is 8.68. The Balaban J connectivity index is 1.43. The summed E-state index contributed by atoms with van der Waals surface area (Å²) in [6.07, 6.45) is 5.69. The standard InChI is InChI=1S/C23H38N2/c1-18(2)21-7-5-20(6-8-21)17-24-13-9-22(10-14-24)23-11-15-25(16-12-23)19(3)4/h5-8,18-19,22-23H,9-17H2,1-4H3. The van der Waals surface area contributed by atoms with E-state index in [1.165, 1.54) is 63.0 Å². The van der Waals surface area contributed by atoms with Gasteiger partial charge in [-0.05, 0) is 94.6 Å². The molecule has 2 heteroatoms. The molecule has 25 heavy (non-hydrogen) atoms. The zero-order chi connectivity index (χ0) is 17.8. The Morgan fingerprint density at radius 2 is 1.32 bits per heavy atom. The van der Waals surface area contributed by atoms with Crippen LogP contribution in [0.15, 0.2) is 24.3 Å². The molecule has 2 saturated heterocycles. The predicted molar refractivity (Wildman–Crippen MR) is 108 cm³/mol. The fraction of sp³-hybridized carbons (Fsp3) is 0.739. The maximum Gasteiger partial charge on any atom is 0.0233 e. The highest BCUT2D eigenvalue weighted by Gasteiger charge is 2.30. The van der Waals surface area contributed by atoms with E-state index in [0.29, 0.717) is 5.92 Å². The van der Waals surface area contributed by atoms with Crippen molar-refractivity contribution in [3.63, 3.8) is 0 Å². The molecule has 3 rings (SSSR count). The number of piperidine rings is 2. The van der Waals surface area contributed by atoms with E-state index >= 15 is 0 Å². The minimum absolute atomic E-state index is 0.631. The third-order valence-electron chi connectivity index (χ3n) is 6.66. The Morgan fingerprint density at radius 3 is 1.80 bits per heavy atom. The molecule has 0 aliphatic carbocycles. The number of hydrogen-bond donors (Lipinski definition) is 0. The molecule has 2 aliphatic heterocycles. The summed E-state index contributed by atoms with van der Waals surface area (Å²) in [6, 6.07) is 10.0. The van der Waals surface area contributed by atoms with Gasteiger partial charge < -0.3 is 4.90 Å². The highest BCUT2D eigenvalue weighted by Crippen LogP contribution is 2.33. The normalized spacial score (nSPS) is 22.2. The summed E-state index contributed by atoms with van der Waals surface area (Å²) in [5.41, 5.74) is 2.93. The van der Waals surface area contributed by atoms with Crippen molar-refractivity contribution in [1.29, 1.82) is 0 Å².